The first-order valence-electron chi connectivity index (χ1n) is 10.2. The Hall–Kier alpha value is -3.05. The van der Waals surface area contributed by atoms with Gasteiger partial charge >= 0.3 is 0 Å². The second kappa shape index (κ2) is 8.76. The number of anilines is 1. The van der Waals surface area contributed by atoms with Gasteiger partial charge in [0.05, 0.1) is 5.69 Å². The zero-order valence-corrected chi connectivity index (χ0v) is 17.0. The van der Waals surface area contributed by atoms with Crippen molar-refractivity contribution in [3.63, 3.8) is 0 Å². The van der Waals surface area contributed by atoms with Crippen molar-refractivity contribution in [3.8, 4) is 11.1 Å². The van der Waals surface area contributed by atoms with E-state index in [0.29, 0.717) is 0 Å². The molecule has 2 aromatic carbocycles. The van der Waals surface area contributed by atoms with Gasteiger partial charge in [-0.3, -0.25) is 4.98 Å². The monoisotopic (exact) mass is 405 g/mol. The molecule has 5 heteroatoms. The molecule has 2 N–H and O–H groups in total. The van der Waals surface area contributed by atoms with Crippen LogP contribution in [0.25, 0.3) is 23.3 Å². The summed E-state index contributed by atoms with van der Waals surface area (Å²) in [6.45, 7) is 3.54. The minimum atomic E-state index is -0.274. The standard InChI is InChI=1S/C25H25F2N3/c1-17-11-20(14-22(27)12-17)24-16-29-15-19(6-5-18-3-2-4-21(26)13-18)25(24)30-9-7-23(28)8-10-30/h2-6,11-16,23H,7-10,28H2,1H3/b6-5+. The van der Waals surface area contributed by atoms with Crippen molar-refractivity contribution in [2.24, 2.45) is 5.73 Å². The third-order valence-electron chi connectivity index (χ3n) is 5.46. The SMILES string of the molecule is Cc1cc(F)cc(-c2cncc(/C=C/c3cccc(F)c3)c2N2CCC(N)CC2)c1. The van der Waals surface area contributed by atoms with Crippen molar-refractivity contribution in [2.45, 2.75) is 25.8 Å². The molecule has 1 aliphatic heterocycles. The van der Waals surface area contributed by atoms with Crippen LogP contribution in [-0.2, 0) is 0 Å². The van der Waals surface area contributed by atoms with Gasteiger partial charge in [0.1, 0.15) is 11.6 Å². The van der Waals surface area contributed by atoms with Crippen molar-refractivity contribution in [1.29, 1.82) is 0 Å². The summed E-state index contributed by atoms with van der Waals surface area (Å²) < 4.78 is 27.7. The number of aromatic nitrogens is 1. The maximum atomic E-state index is 14.1. The maximum Gasteiger partial charge on any atom is 0.124 e. The van der Waals surface area contributed by atoms with Gasteiger partial charge in [-0.25, -0.2) is 8.78 Å². The molecule has 0 saturated carbocycles. The predicted molar refractivity (Wildman–Crippen MR) is 119 cm³/mol. The Kier molecular flexibility index (Phi) is 5.91. The third kappa shape index (κ3) is 4.57. The van der Waals surface area contributed by atoms with E-state index in [0.717, 1.165) is 59.4 Å². The minimum absolute atomic E-state index is 0.203. The van der Waals surface area contributed by atoms with Gasteiger partial charge in [-0.2, -0.15) is 0 Å². The van der Waals surface area contributed by atoms with Crippen molar-refractivity contribution in [1.82, 2.24) is 4.98 Å². The van der Waals surface area contributed by atoms with Crippen LogP contribution < -0.4 is 10.6 Å². The van der Waals surface area contributed by atoms with Crippen LogP contribution in [0, 0.1) is 18.6 Å². The van der Waals surface area contributed by atoms with Gasteiger partial charge in [0, 0.05) is 42.7 Å². The number of halogens is 2. The zero-order chi connectivity index (χ0) is 21.1. The normalized spacial score (nSPS) is 15.1. The van der Waals surface area contributed by atoms with Crippen LogP contribution in [0.1, 0.15) is 29.5 Å². The number of nitrogens with two attached hydrogens (primary N) is 1. The lowest BCUT2D eigenvalue weighted by molar-refractivity contribution is 0.501. The fourth-order valence-corrected chi connectivity index (χ4v) is 3.97. The fourth-order valence-electron chi connectivity index (χ4n) is 3.97. The highest BCUT2D eigenvalue weighted by Crippen LogP contribution is 2.36. The first-order chi connectivity index (χ1) is 14.5. The average molecular weight is 405 g/mol. The Morgan fingerprint density at radius 2 is 1.80 bits per heavy atom. The van der Waals surface area contributed by atoms with Crippen LogP contribution in [0.2, 0.25) is 0 Å². The predicted octanol–water partition coefficient (Wildman–Crippen LogP) is 5.43. The summed E-state index contributed by atoms with van der Waals surface area (Å²) in [4.78, 5) is 6.72. The van der Waals surface area contributed by atoms with Gasteiger partial charge in [-0.1, -0.05) is 30.4 Å². The lowest BCUT2D eigenvalue weighted by atomic mass is 9.97. The molecule has 1 fully saturated rings. The molecule has 0 atom stereocenters. The van der Waals surface area contributed by atoms with E-state index in [9.17, 15) is 8.78 Å². The summed E-state index contributed by atoms with van der Waals surface area (Å²) in [7, 11) is 0. The van der Waals surface area contributed by atoms with E-state index in [1.165, 1.54) is 18.2 Å². The van der Waals surface area contributed by atoms with Crippen molar-refractivity contribution < 1.29 is 8.78 Å². The van der Waals surface area contributed by atoms with E-state index in [1.807, 2.05) is 31.2 Å². The second-order valence-corrected chi connectivity index (χ2v) is 7.85. The number of hydrogen-bond acceptors (Lipinski definition) is 3. The lowest BCUT2D eigenvalue weighted by Gasteiger charge is -2.34. The lowest BCUT2D eigenvalue weighted by Crippen LogP contribution is -2.40. The quantitative estimate of drug-likeness (QED) is 0.629. The van der Waals surface area contributed by atoms with Crippen molar-refractivity contribution in [3.05, 3.63) is 83.2 Å². The molecular formula is C25H25F2N3. The van der Waals surface area contributed by atoms with E-state index in [4.69, 9.17) is 5.73 Å². The van der Waals surface area contributed by atoms with Crippen molar-refractivity contribution >= 4 is 17.8 Å². The van der Waals surface area contributed by atoms with E-state index >= 15 is 0 Å². The number of nitrogens with zero attached hydrogens (tertiary/aromatic N) is 2. The van der Waals surface area contributed by atoms with Gasteiger partial charge in [-0.15, -0.1) is 0 Å². The Bertz CT molecular complexity index is 1050. The first-order valence-corrected chi connectivity index (χ1v) is 10.2. The second-order valence-electron chi connectivity index (χ2n) is 7.85. The molecule has 0 amide bonds. The number of pyridine rings is 1. The molecule has 4 rings (SSSR count). The van der Waals surface area contributed by atoms with Crippen molar-refractivity contribution in [2.75, 3.05) is 18.0 Å². The van der Waals surface area contributed by atoms with Gasteiger partial charge in [-0.05, 0) is 60.7 Å². The minimum Gasteiger partial charge on any atom is -0.370 e. The highest BCUT2D eigenvalue weighted by atomic mass is 19.1. The zero-order valence-electron chi connectivity index (χ0n) is 17.0. The molecule has 1 saturated heterocycles. The van der Waals surface area contributed by atoms with Gasteiger partial charge in [0.15, 0.2) is 0 Å². The summed E-state index contributed by atoms with van der Waals surface area (Å²) in [5.41, 5.74) is 11.3. The molecular weight excluding hydrogens is 380 g/mol. The molecule has 30 heavy (non-hydrogen) atoms. The largest absolute Gasteiger partial charge is 0.370 e. The molecule has 0 spiro atoms. The van der Waals surface area contributed by atoms with Crippen LogP contribution in [0.15, 0.2) is 54.9 Å². The first kappa shape index (κ1) is 20.2. The van der Waals surface area contributed by atoms with Gasteiger partial charge in [0.25, 0.3) is 0 Å². The molecule has 3 nitrogen and oxygen atoms in total. The van der Waals surface area contributed by atoms with E-state index < -0.39 is 0 Å². The Morgan fingerprint density at radius 1 is 1.00 bits per heavy atom. The smallest absolute Gasteiger partial charge is 0.124 e. The average Bonchev–Trinajstić information content (AvgIpc) is 2.72. The van der Waals surface area contributed by atoms with Crippen LogP contribution in [-0.4, -0.2) is 24.1 Å². The van der Waals surface area contributed by atoms with Crippen LogP contribution in [0.4, 0.5) is 14.5 Å². The fraction of sp³-hybridized carbons (Fsp3) is 0.240. The topological polar surface area (TPSA) is 42.2 Å². The molecule has 154 valence electrons. The summed E-state index contributed by atoms with van der Waals surface area (Å²) in [6, 6.07) is 11.7. The molecule has 2 heterocycles. The molecule has 0 radical (unpaired) electrons. The van der Waals surface area contributed by atoms with Crippen LogP contribution in [0.5, 0.6) is 0 Å². The maximum absolute atomic E-state index is 14.1. The Balaban J connectivity index is 1.81. The summed E-state index contributed by atoms with van der Waals surface area (Å²) in [5.74, 6) is -0.540. The molecule has 0 aliphatic carbocycles. The van der Waals surface area contributed by atoms with Crippen LogP contribution >= 0.6 is 0 Å². The molecule has 0 unspecified atom stereocenters. The molecule has 3 aromatic rings. The molecule has 1 aromatic heterocycles. The summed E-state index contributed by atoms with van der Waals surface area (Å²) in [5, 5.41) is 0. The molecule has 1 aliphatic rings. The van der Waals surface area contributed by atoms with E-state index in [1.54, 1.807) is 24.5 Å². The number of hydrogen-bond donors (Lipinski definition) is 1. The highest BCUT2D eigenvalue weighted by Gasteiger charge is 2.22. The summed E-state index contributed by atoms with van der Waals surface area (Å²) >= 11 is 0. The van der Waals surface area contributed by atoms with Gasteiger partial charge in [0.2, 0.25) is 0 Å². The number of piperidine rings is 1. The summed E-state index contributed by atoms with van der Waals surface area (Å²) in [6.07, 6.45) is 9.21. The number of benzene rings is 2. The highest BCUT2D eigenvalue weighted by molar-refractivity contribution is 5.87. The van der Waals surface area contributed by atoms with Crippen LogP contribution in [0.3, 0.4) is 0 Å². The number of aryl methyl sites for hydroxylation is 1. The Labute approximate surface area is 175 Å². The van der Waals surface area contributed by atoms with Gasteiger partial charge < -0.3 is 10.6 Å². The Morgan fingerprint density at radius 3 is 2.53 bits per heavy atom. The number of rotatable bonds is 4. The third-order valence-corrected chi connectivity index (χ3v) is 5.46. The van der Waals surface area contributed by atoms with E-state index in [-0.39, 0.29) is 17.7 Å². The van der Waals surface area contributed by atoms with E-state index in [2.05, 4.69) is 9.88 Å². The molecule has 0 bridgehead atoms.